The standard InChI is InChI=1S/C16H16N6S/c1-23-16-18-5-4-15(20-16)21-9-12-6-13(10-21)22(12)14-3-2-11(7-17)8-19-14/h2-5,8,12-13H,6,9-10H2,1H3. The number of anilines is 2. The summed E-state index contributed by atoms with van der Waals surface area (Å²) < 4.78 is 0. The predicted molar refractivity (Wildman–Crippen MR) is 89.7 cm³/mol. The van der Waals surface area contributed by atoms with Gasteiger partial charge >= 0.3 is 0 Å². The molecule has 5 heterocycles. The van der Waals surface area contributed by atoms with E-state index in [-0.39, 0.29) is 0 Å². The van der Waals surface area contributed by atoms with Crippen LogP contribution < -0.4 is 9.80 Å². The number of rotatable bonds is 3. The van der Waals surface area contributed by atoms with Crippen LogP contribution in [0.15, 0.2) is 35.7 Å². The number of piperazine rings is 1. The van der Waals surface area contributed by atoms with E-state index in [0.29, 0.717) is 17.6 Å². The van der Waals surface area contributed by atoms with Crippen LogP contribution in [0.25, 0.3) is 0 Å². The molecule has 0 aliphatic carbocycles. The molecule has 2 aromatic rings. The first-order valence-electron chi connectivity index (χ1n) is 7.55. The molecule has 116 valence electrons. The molecule has 0 radical (unpaired) electrons. The Hall–Kier alpha value is -2.33. The van der Waals surface area contributed by atoms with Crippen molar-refractivity contribution in [3.8, 4) is 6.07 Å². The molecule has 0 aromatic carbocycles. The first-order valence-corrected chi connectivity index (χ1v) is 8.77. The van der Waals surface area contributed by atoms with Gasteiger partial charge in [-0.25, -0.2) is 15.0 Å². The Labute approximate surface area is 139 Å². The van der Waals surface area contributed by atoms with Gasteiger partial charge in [-0.1, -0.05) is 11.8 Å². The molecule has 3 saturated heterocycles. The number of nitriles is 1. The van der Waals surface area contributed by atoms with Crippen LogP contribution in [0.5, 0.6) is 0 Å². The average molecular weight is 324 g/mol. The van der Waals surface area contributed by atoms with E-state index in [2.05, 4.69) is 30.8 Å². The Morgan fingerprint density at radius 2 is 2.00 bits per heavy atom. The van der Waals surface area contributed by atoms with Crippen molar-refractivity contribution in [3.63, 3.8) is 0 Å². The normalized spacial score (nSPS) is 22.4. The lowest BCUT2D eigenvalue weighted by Crippen LogP contribution is -2.69. The molecule has 2 aromatic heterocycles. The van der Waals surface area contributed by atoms with E-state index in [4.69, 9.17) is 5.26 Å². The van der Waals surface area contributed by atoms with Gasteiger partial charge < -0.3 is 9.80 Å². The molecule has 23 heavy (non-hydrogen) atoms. The highest BCUT2D eigenvalue weighted by atomic mass is 32.2. The van der Waals surface area contributed by atoms with E-state index in [9.17, 15) is 0 Å². The zero-order chi connectivity index (χ0) is 15.8. The van der Waals surface area contributed by atoms with Crippen LogP contribution in [0.4, 0.5) is 11.6 Å². The van der Waals surface area contributed by atoms with Gasteiger partial charge in [0.05, 0.1) is 17.6 Å². The van der Waals surface area contributed by atoms with Crippen molar-refractivity contribution in [1.29, 1.82) is 5.26 Å². The summed E-state index contributed by atoms with van der Waals surface area (Å²) in [6.45, 7) is 1.89. The second-order valence-electron chi connectivity index (χ2n) is 5.77. The van der Waals surface area contributed by atoms with Gasteiger partial charge in [0.1, 0.15) is 17.7 Å². The monoisotopic (exact) mass is 324 g/mol. The smallest absolute Gasteiger partial charge is 0.189 e. The Morgan fingerprint density at radius 3 is 2.65 bits per heavy atom. The molecule has 0 amide bonds. The molecule has 3 aliphatic rings. The first kappa shape index (κ1) is 14.3. The topological polar surface area (TPSA) is 68.9 Å². The van der Waals surface area contributed by atoms with Crippen LogP contribution in [0.2, 0.25) is 0 Å². The van der Waals surface area contributed by atoms with Crippen LogP contribution >= 0.6 is 11.8 Å². The Balaban J connectivity index is 1.50. The van der Waals surface area contributed by atoms with Gasteiger partial charge in [0, 0.05) is 25.5 Å². The lowest BCUT2D eigenvalue weighted by atomic mass is 9.87. The fourth-order valence-corrected chi connectivity index (χ4v) is 3.73. The zero-order valence-corrected chi connectivity index (χ0v) is 13.6. The summed E-state index contributed by atoms with van der Waals surface area (Å²) in [6, 6.07) is 8.80. The van der Waals surface area contributed by atoms with Crippen molar-refractivity contribution in [2.24, 2.45) is 0 Å². The quantitative estimate of drug-likeness (QED) is 0.631. The third-order valence-electron chi connectivity index (χ3n) is 4.46. The number of piperidine rings is 1. The van der Waals surface area contributed by atoms with Crippen LogP contribution in [0.1, 0.15) is 12.0 Å². The summed E-state index contributed by atoms with van der Waals surface area (Å²) in [5.74, 6) is 1.98. The highest BCUT2D eigenvalue weighted by molar-refractivity contribution is 7.98. The minimum atomic E-state index is 0.460. The molecule has 5 rings (SSSR count). The van der Waals surface area contributed by atoms with Crippen molar-refractivity contribution in [1.82, 2.24) is 15.0 Å². The number of hydrogen-bond donors (Lipinski definition) is 0. The van der Waals surface area contributed by atoms with Crippen LogP contribution in [-0.2, 0) is 0 Å². The number of fused-ring (bicyclic) bond motifs is 2. The maximum absolute atomic E-state index is 8.88. The molecule has 2 bridgehead atoms. The van der Waals surface area contributed by atoms with Crippen LogP contribution in [0.3, 0.4) is 0 Å². The molecule has 3 aliphatic heterocycles. The second-order valence-corrected chi connectivity index (χ2v) is 6.55. The van der Waals surface area contributed by atoms with Crippen molar-refractivity contribution < 1.29 is 0 Å². The molecule has 6 nitrogen and oxygen atoms in total. The molecular weight excluding hydrogens is 308 g/mol. The molecule has 2 unspecified atom stereocenters. The number of hydrogen-bond acceptors (Lipinski definition) is 7. The number of pyridine rings is 1. The molecule has 2 atom stereocenters. The lowest BCUT2D eigenvalue weighted by molar-refractivity contribution is 0.287. The third kappa shape index (κ3) is 2.49. The Morgan fingerprint density at radius 1 is 1.17 bits per heavy atom. The molecule has 0 saturated carbocycles. The molecule has 0 N–H and O–H groups in total. The molecule has 0 spiro atoms. The largest absolute Gasteiger partial charge is 0.352 e. The highest BCUT2D eigenvalue weighted by Crippen LogP contribution is 2.37. The summed E-state index contributed by atoms with van der Waals surface area (Å²) >= 11 is 1.56. The van der Waals surface area contributed by atoms with Crippen molar-refractivity contribution >= 4 is 23.4 Å². The predicted octanol–water partition coefficient (Wildman–Crippen LogP) is 1.93. The third-order valence-corrected chi connectivity index (χ3v) is 5.02. The molecule has 7 heteroatoms. The van der Waals surface area contributed by atoms with E-state index < -0.39 is 0 Å². The summed E-state index contributed by atoms with van der Waals surface area (Å²) in [7, 11) is 0. The average Bonchev–Trinajstić information content (AvgIpc) is 2.62. The van der Waals surface area contributed by atoms with Gasteiger partial charge in [0.2, 0.25) is 0 Å². The van der Waals surface area contributed by atoms with Gasteiger partial charge in [-0.05, 0) is 30.9 Å². The minimum Gasteiger partial charge on any atom is -0.352 e. The number of thioether (sulfide) groups is 1. The minimum absolute atomic E-state index is 0.460. The fraction of sp³-hybridized carbons (Fsp3) is 0.375. The van der Waals surface area contributed by atoms with Gasteiger partial charge in [-0.15, -0.1) is 0 Å². The fourth-order valence-electron chi connectivity index (χ4n) is 3.38. The molecule has 3 fully saturated rings. The zero-order valence-electron chi connectivity index (χ0n) is 12.8. The second kappa shape index (κ2) is 5.70. The number of aromatic nitrogens is 3. The maximum atomic E-state index is 8.88. The highest BCUT2D eigenvalue weighted by Gasteiger charge is 2.45. The van der Waals surface area contributed by atoms with Gasteiger partial charge in [0.15, 0.2) is 5.16 Å². The number of nitrogens with zero attached hydrogens (tertiary/aromatic N) is 6. The van der Waals surface area contributed by atoms with Gasteiger partial charge in [0.25, 0.3) is 0 Å². The summed E-state index contributed by atoms with van der Waals surface area (Å²) in [4.78, 5) is 18.0. The van der Waals surface area contributed by atoms with E-state index in [1.165, 1.54) is 6.42 Å². The van der Waals surface area contributed by atoms with E-state index in [1.54, 1.807) is 18.0 Å². The Kier molecular flexibility index (Phi) is 3.54. The van der Waals surface area contributed by atoms with E-state index in [1.807, 2.05) is 30.7 Å². The van der Waals surface area contributed by atoms with Crippen molar-refractivity contribution in [2.45, 2.75) is 23.7 Å². The van der Waals surface area contributed by atoms with Gasteiger partial charge in [-0.2, -0.15) is 5.26 Å². The van der Waals surface area contributed by atoms with Gasteiger partial charge in [-0.3, -0.25) is 0 Å². The van der Waals surface area contributed by atoms with E-state index >= 15 is 0 Å². The SMILES string of the molecule is CSc1nccc(N2CC3CC(C2)N3c2ccc(C#N)cn2)n1. The van der Waals surface area contributed by atoms with Crippen LogP contribution in [0, 0.1) is 11.3 Å². The lowest BCUT2D eigenvalue weighted by Gasteiger charge is -2.57. The summed E-state index contributed by atoms with van der Waals surface area (Å²) in [6.07, 6.45) is 6.66. The van der Waals surface area contributed by atoms with Crippen LogP contribution in [-0.4, -0.2) is 46.4 Å². The van der Waals surface area contributed by atoms with E-state index in [0.717, 1.165) is 29.9 Å². The summed E-state index contributed by atoms with van der Waals surface area (Å²) in [5, 5.41) is 9.69. The maximum Gasteiger partial charge on any atom is 0.189 e. The van der Waals surface area contributed by atoms with Crippen molar-refractivity contribution in [3.05, 3.63) is 36.2 Å². The molecular formula is C16H16N6S. The Bertz CT molecular complexity index is 744. The first-order chi connectivity index (χ1) is 11.3. The summed E-state index contributed by atoms with van der Waals surface area (Å²) in [5.41, 5.74) is 0.603. The van der Waals surface area contributed by atoms with Crippen molar-refractivity contribution in [2.75, 3.05) is 29.1 Å².